The minimum Gasteiger partial charge on any atom is -0.478 e. The van der Waals surface area contributed by atoms with E-state index in [0.717, 1.165) is 0 Å². The second kappa shape index (κ2) is 5.99. The maximum absolute atomic E-state index is 11.7. The zero-order chi connectivity index (χ0) is 14.8. The molecule has 0 bridgehead atoms. The van der Waals surface area contributed by atoms with Gasteiger partial charge in [0.2, 0.25) is 0 Å². The van der Waals surface area contributed by atoms with Gasteiger partial charge in [-0.2, -0.15) is 0 Å². The van der Waals surface area contributed by atoms with E-state index in [1.807, 2.05) is 0 Å². The maximum Gasteiger partial charge on any atom is 0.347 e. The summed E-state index contributed by atoms with van der Waals surface area (Å²) in [6.07, 6.45) is -0.517. The summed E-state index contributed by atoms with van der Waals surface area (Å²) in [6, 6.07) is 4.22. The van der Waals surface area contributed by atoms with Crippen molar-refractivity contribution in [2.45, 2.75) is 17.4 Å². The zero-order valence-electron chi connectivity index (χ0n) is 10.7. The number of esters is 1. The number of ether oxygens (including phenoxy) is 3. The molecule has 1 unspecified atom stereocenters. The van der Waals surface area contributed by atoms with Crippen LogP contribution in [-0.2, 0) is 29.7 Å². The molecule has 0 amide bonds. The molecule has 1 aromatic rings. The molecular weight excluding hydrogens is 308 g/mol. The van der Waals surface area contributed by atoms with Crippen molar-refractivity contribution >= 4 is 25.7 Å². The number of carbonyl (C=O) groups excluding carboxylic acids is 1. The molecule has 0 aromatic heterocycles. The van der Waals surface area contributed by atoms with E-state index in [9.17, 15) is 13.2 Å². The van der Waals surface area contributed by atoms with Crippen molar-refractivity contribution < 1.29 is 27.4 Å². The first-order valence-corrected chi connectivity index (χ1v) is 8.12. The van der Waals surface area contributed by atoms with Crippen LogP contribution in [0.5, 0.6) is 5.75 Å². The van der Waals surface area contributed by atoms with Crippen LogP contribution >= 0.6 is 10.7 Å². The third-order valence-electron chi connectivity index (χ3n) is 2.78. The Morgan fingerprint density at radius 3 is 2.85 bits per heavy atom. The van der Waals surface area contributed by atoms with Gasteiger partial charge in [0.1, 0.15) is 12.4 Å². The highest BCUT2D eigenvalue weighted by Gasteiger charge is 2.31. The fraction of sp³-hybridized carbons (Fsp3) is 0.417. The number of rotatable bonds is 5. The van der Waals surface area contributed by atoms with Gasteiger partial charge in [-0.3, -0.25) is 0 Å². The minimum atomic E-state index is -3.80. The molecule has 1 aliphatic rings. The predicted octanol–water partition coefficient (Wildman–Crippen LogP) is 1.11. The molecule has 0 fully saturated rings. The summed E-state index contributed by atoms with van der Waals surface area (Å²) in [5.41, 5.74) is 0.611. The minimum absolute atomic E-state index is 0.0186. The average molecular weight is 321 g/mol. The molecule has 0 N–H and O–H groups in total. The quantitative estimate of drug-likeness (QED) is 0.459. The standard InChI is InChI=1S/C12H13ClO6S/c1-17-4-5-18-12(14)11-7-8-6-9(20(13,15)16)2-3-10(8)19-11/h2-3,6,11H,4-5,7H2,1H3. The van der Waals surface area contributed by atoms with Crippen molar-refractivity contribution in [2.24, 2.45) is 0 Å². The normalized spacial score (nSPS) is 17.4. The molecule has 2 rings (SSSR count). The van der Waals surface area contributed by atoms with Gasteiger partial charge in [0.25, 0.3) is 9.05 Å². The van der Waals surface area contributed by atoms with Gasteiger partial charge in [-0.1, -0.05) is 0 Å². The van der Waals surface area contributed by atoms with Gasteiger partial charge in [-0.25, -0.2) is 13.2 Å². The first-order valence-electron chi connectivity index (χ1n) is 5.81. The number of methoxy groups -OCH3 is 1. The molecule has 0 saturated carbocycles. The lowest BCUT2D eigenvalue weighted by molar-refractivity contribution is -0.152. The average Bonchev–Trinajstić information content (AvgIpc) is 2.80. The molecule has 0 aliphatic carbocycles. The number of benzene rings is 1. The lowest BCUT2D eigenvalue weighted by Gasteiger charge is -2.09. The van der Waals surface area contributed by atoms with Crippen LogP contribution in [0.1, 0.15) is 5.56 Å². The van der Waals surface area contributed by atoms with Crippen molar-refractivity contribution in [3.63, 3.8) is 0 Å². The van der Waals surface area contributed by atoms with E-state index in [-0.39, 0.29) is 17.9 Å². The van der Waals surface area contributed by atoms with Gasteiger partial charge < -0.3 is 14.2 Å². The Morgan fingerprint density at radius 2 is 2.20 bits per heavy atom. The van der Waals surface area contributed by atoms with Crippen LogP contribution in [0.15, 0.2) is 23.1 Å². The summed E-state index contributed by atoms with van der Waals surface area (Å²) in [4.78, 5) is 11.7. The van der Waals surface area contributed by atoms with Crippen molar-refractivity contribution in [1.82, 2.24) is 0 Å². The van der Waals surface area contributed by atoms with Crippen molar-refractivity contribution in [3.8, 4) is 5.75 Å². The van der Waals surface area contributed by atoms with Crippen molar-refractivity contribution in [2.75, 3.05) is 20.3 Å². The molecule has 0 saturated heterocycles. The third-order valence-corrected chi connectivity index (χ3v) is 4.13. The molecule has 20 heavy (non-hydrogen) atoms. The lowest BCUT2D eigenvalue weighted by Crippen LogP contribution is -2.28. The fourth-order valence-electron chi connectivity index (χ4n) is 1.83. The van der Waals surface area contributed by atoms with Crippen LogP contribution in [0, 0.1) is 0 Å². The number of carbonyl (C=O) groups is 1. The van der Waals surface area contributed by atoms with Crippen LogP contribution in [0.3, 0.4) is 0 Å². The highest BCUT2D eigenvalue weighted by molar-refractivity contribution is 8.13. The largest absolute Gasteiger partial charge is 0.478 e. The molecule has 1 atom stereocenters. The van der Waals surface area contributed by atoms with Gasteiger partial charge in [0.05, 0.1) is 11.5 Å². The van der Waals surface area contributed by atoms with Gasteiger partial charge >= 0.3 is 5.97 Å². The highest BCUT2D eigenvalue weighted by Crippen LogP contribution is 2.32. The van der Waals surface area contributed by atoms with E-state index in [2.05, 4.69) is 0 Å². The molecule has 0 radical (unpaired) electrons. The smallest absolute Gasteiger partial charge is 0.347 e. The summed E-state index contributed by atoms with van der Waals surface area (Å²) in [5, 5.41) is 0. The highest BCUT2D eigenvalue weighted by atomic mass is 35.7. The monoisotopic (exact) mass is 320 g/mol. The maximum atomic E-state index is 11.7. The number of halogens is 1. The van der Waals surface area contributed by atoms with Crippen LogP contribution in [0.2, 0.25) is 0 Å². The first-order chi connectivity index (χ1) is 9.41. The summed E-state index contributed by atoms with van der Waals surface area (Å²) in [7, 11) is 2.98. The SMILES string of the molecule is COCCOC(=O)C1Cc2cc(S(=O)(=O)Cl)ccc2O1. The molecule has 110 valence electrons. The van der Waals surface area contributed by atoms with Crippen LogP contribution in [-0.4, -0.2) is 40.8 Å². The Balaban J connectivity index is 2.06. The summed E-state index contributed by atoms with van der Waals surface area (Å²) < 4.78 is 37.6. The second-order valence-electron chi connectivity index (χ2n) is 4.18. The van der Waals surface area contributed by atoms with Crippen LogP contribution < -0.4 is 4.74 Å². The van der Waals surface area contributed by atoms with Crippen molar-refractivity contribution in [3.05, 3.63) is 23.8 Å². The summed E-state index contributed by atoms with van der Waals surface area (Å²) in [5.74, 6) is -0.0451. The molecule has 1 aromatic carbocycles. The Kier molecular flexibility index (Phi) is 4.52. The van der Waals surface area contributed by atoms with Crippen LogP contribution in [0.4, 0.5) is 0 Å². The van der Waals surface area contributed by atoms with Gasteiger partial charge in [-0.05, 0) is 23.8 Å². The number of hydrogen-bond acceptors (Lipinski definition) is 6. The Bertz CT molecular complexity index is 612. The van der Waals surface area contributed by atoms with Gasteiger partial charge in [-0.15, -0.1) is 0 Å². The predicted molar refractivity (Wildman–Crippen MR) is 70.4 cm³/mol. The zero-order valence-corrected chi connectivity index (χ0v) is 12.2. The topological polar surface area (TPSA) is 78.9 Å². The van der Waals surface area contributed by atoms with E-state index in [1.54, 1.807) is 0 Å². The molecule has 6 nitrogen and oxygen atoms in total. The summed E-state index contributed by atoms with van der Waals surface area (Å²) >= 11 is 0. The molecule has 1 aliphatic heterocycles. The fourth-order valence-corrected chi connectivity index (χ4v) is 2.63. The van der Waals surface area contributed by atoms with E-state index in [0.29, 0.717) is 17.9 Å². The number of hydrogen-bond donors (Lipinski definition) is 0. The Hall–Kier alpha value is -1.31. The van der Waals surface area contributed by atoms with E-state index >= 15 is 0 Å². The van der Waals surface area contributed by atoms with E-state index in [1.165, 1.54) is 25.3 Å². The lowest BCUT2D eigenvalue weighted by atomic mass is 10.1. The molecule has 0 spiro atoms. The Labute approximate surface area is 121 Å². The van der Waals surface area contributed by atoms with E-state index in [4.69, 9.17) is 24.9 Å². The third kappa shape index (κ3) is 3.41. The molecule has 8 heteroatoms. The van der Waals surface area contributed by atoms with E-state index < -0.39 is 21.1 Å². The van der Waals surface area contributed by atoms with Crippen LogP contribution in [0.25, 0.3) is 0 Å². The summed E-state index contributed by atoms with van der Waals surface area (Å²) in [6.45, 7) is 0.451. The van der Waals surface area contributed by atoms with Gasteiger partial charge in [0, 0.05) is 24.2 Å². The van der Waals surface area contributed by atoms with Crippen molar-refractivity contribution in [1.29, 1.82) is 0 Å². The Morgan fingerprint density at radius 1 is 1.45 bits per heavy atom. The first kappa shape index (κ1) is 15.1. The molecular formula is C12H13ClO6S. The molecule has 1 heterocycles. The second-order valence-corrected chi connectivity index (χ2v) is 6.74. The number of fused-ring (bicyclic) bond motifs is 1. The van der Waals surface area contributed by atoms with Gasteiger partial charge in [0.15, 0.2) is 6.10 Å².